The number of aryl methyl sites for hydroxylation is 2. The molecule has 1 amide bonds. The molecule has 0 aliphatic rings. The van der Waals surface area contributed by atoms with Gasteiger partial charge in [-0.15, -0.1) is 0 Å². The number of halogens is 2. The molecule has 0 saturated heterocycles. The van der Waals surface area contributed by atoms with Gasteiger partial charge in [0.05, 0.1) is 4.47 Å². The zero-order valence-electron chi connectivity index (χ0n) is 16.4. The summed E-state index contributed by atoms with van der Waals surface area (Å²) < 4.78 is 8.19. The molecule has 0 radical (unpaired) electrons. The van der Waals surface area contributed by atoms with Crippen LogP contribution in [0.15, 0.2) is 64.6 Å². The predicted octanol–water partition coefficient (Wildman–Crippen LogP) is 5.78. The maximum absolute atomic E-state index is 12.5. The van der Waals surface area contributed by atoms with Crippen LogP contribution in [0.4, 0.5) is 0 Å². The summed E-state index contributed by atoms with van der Waals surface area (Å²) in [5.41, 5.74) is 6.07. The van der Waals surface area contributed by atoms with Gasteiger partial charge in [0.2, 0.25) is 0 Å². The molecule has 5 nitrogen and oxygen atoms in total. The summed E-state index contributed by atoms with van der Waals surface area (Å²) in [6, 6.07) is 18.6. The molecule has 3 rings (SSSR count). The van der Waals surface area contributed by atoms with E-state index >= 15 is 0 Å². The van der Waals surface area contributed by atoms with Gasteiger partial charge in [0, 0.05) is 22.0 Å². The number of carbonyl (C=O) groups is 1. The van der Waals surface area contributed by atoms with Gasteiger partial charge in [0.25, 0.3) is 5.91 Å². The summed E-state index contributed by atoms with van der Waals surface area (Å²) in [5.74, 6) is 0.156. The van der Waals surface area contributed by atoms with Crippen LogP contribution < -0.4 is 10.2 Å². The van der Waals surface area contributed by atoms with Crippen LogP contribution in [0.25, 0.3) is 6.08 Å². The van der Waals surface area contributed by atoms with Crippen molar-refractivity contribution in [1.82, 2.24) is 4.68 Å². The highest BCUT2D eigenvalue weighted by molar-refractivity contribution is 9.10. The number of hydrogen-bond donors (Lipinski definition) is 1. The fourth-order valence-corrected chi connectivity index (χ4v) is 3.52. The Kier molecular flexibility index (Phi) is 6.99. The number of benzene rings is 2. The highest BCUT2D eigenvalue weighted by Crippen LogP contribution is 2.28. The first-order valence-corrected chi connectivity index (χ1v) is 10.3. The SMILES string of the molecule is Cc1ccc(C)n1NC(=O)/C(C#N)=C\c1ccc(OCc2ccccc2Cl)c(Br)c1. The lowest BCUT2D eigenvalue weighted by Crippen LogP contribution is -2.25. The van der Waals surface area contributed by atoms with E-state index in [1.54, 1.807) is 22.9 Å². The Morgan fingerprint density at radius 2 is 1.90 bits per heavy atom. The van der Waals surface area contributed by atoms with Crippen LogP contribution in [0, 0.1) is 25.2 Å². The minimum absolute atomic E-state index is 0.000800. The lowest BCUT2D eigenvalue weighted by atomic mass is 10.1. The summed E-state index contributed by atoms with van der Waals surface area (Å²) >= 11 is 9.64. The van der Waals surface area contributed by atoms with Crippen LogP contribution in [-0.4, -0.2) is 10.6 Å². The minimum Gasteiger partial charge on any atom is -0.488 e. The van der Waals surface area contributed by atoms with Gasteiger partial charge in [-0.2, -0.15) is 5.26 Å². The second kappa shape index (κ2) is 9.66. The van der Waals surface area contributed by atoms with Crippen molar-refractivity contribution in [2.45, 2.75) is 20.5 Å². The molecular formula is C23H19BrClN3O2. The molecule has 0 spiro atoms. The summed E-state index contributed by atoms with van der Waals surface area (Å²) in [4.78, 5) is 12.5. The largest absolute Gasteiger partial charge is 0.488 e. The molecule has 30 heavy (non-hydrogen) atoms. The van der Waals surface area contributed by atoms with Gasteiger partial charge < -0.3 is 4.74 Å². The number of amides is 1. The van der Waals surface area contributed by atoms with Crippen molar-refractivity contribution in [3.8, 4) is 11.8 Å². The molecule has 3 aromatic rings. The third-order valence-corrected chi connectivity index (χ3v) is 5.45. The van der Waals surface area contributed by atoms with Crippen molar-refractivity contribution < 1.29 is 9.53 Å². The van der Waals surface area contributed by atoms with Crippen molar-refractivity contribution in [2.24, 2.45) is 0 Å². The van der Waals surface area contributed by atoms with Gasteiger partial charge in [-0.3, -0.25) is 14.9 Å². The van der Waals surface area contributed by atoms with Crippen LogP contribution >= 0.6 is 27.5 Å². The van der Waals surface area contributed by atoms with E-state index in [9.17, 15) is 10.1 Å². The van der Waals surface area contributed by atoms with E-state index in [1.807, 2.05) is 56.3 Å². The first-order valence-electron chi connectivity index (χ1n) is 9.13. The number of nitriles is 1. The van der Waals surface area contributed by atoms with Crippen LogP contribution in [0.5, 0.6) is 5.75 Å². The van der Waals surface area contributed by atoms with E-state index in [0.717, 1.165) is 17.0 Å². The quantitative estimate of drug-likeness (QED) is 0.356. The Morgan fingerprint density at radius 1 is 1.20 bits per heavy atom. The lowest BCUT2D eigenvalue weighted by molar-refractivity contribution is -0.113. The molecule has 0 aliphatic carbocycles. The second-order valence-electron chi connectivity index (χ2n) is 6.63. The van der Waals surface area contributed by atoms with E-state index in [2.05, 4.69) is 21.4 Å². The van der Waals surface area contributed by atoms with E-state index in [0.29, 0.717) is 27.4 Å². The fourth-order valence-electron chi connectivity index (χ4n) is 2.82. The maximum atomic E-state index is 12.5. The Bertz CT molecular complexity index is 1140. The molecule has 0 bridgehead atoms. The highest BCUT2D eigenvalue weighted by atomic mass is 79.9. The van der Waals surface area contributed by atoms with Crippen LogP contribution in [0.1, 0.15) is 22.5 Å². The Morgan fingerprint density at radius 3 is 2.53 bits per heavy atom. The van der Waals surface area contributed by atoms with E-state index < -0.39 is 5.91 Å². The predicted molar refractivity (Wildman–Crippen MR) is 122 cm³/mol. The number of nitrogens with one attached hydrogen (secondary N) is 1. The number of rotatable bonds is 6. The topological polar surface area (TPSA) is 67.0 Å². The minimum atomic E-state index is -0.477. The van der Waals surface area contributed by atoms with E-state index in [-0.39, 0.29) is 5.57 Å². The third kappa shape index (κ3) is 5.12. The molecule has 0 atom stereocenters. The second-order valence-corrected chi connectivity index (χ2v) is 7.89. The molecule has 7 heteroatoms. The Hall–Kier alpha value is -3.01. The Labute approximate surface area is 188 Å². The summed E-state index contributed by atoms with van der Waals surface area (Å²) in [6.07, 6.45) is 1.53. The van der Waals surface area contributed by atoms with Gasteiger partial charge in [-0.1, -0.05) is 35.9 Å². The van der Waals surface area contributed by atoms with Crippen molar-refractivity contribution in [1.29, 1.82) is 5.26 Å². The maximum Gasteiger partial charge on any atom is 0.280 e. The summed E-state index contributed by atoms with van der Waals surface area (Å²) in [7, 11) is 0. The monoisotopic (exact) mass is 483 g/mol. The molecule has 1 N–H and O–H groups in total. The molecule has 152 valence electrons. The van der Waals surface area contributed by atoms with Gasteiger partial charge in [-0.05, 0) is 71.7 Å². The van der Waals surface area contributed by atoms with Gasteiger partial charge in [-0.25, -0.2) is 0 Å². The van der Waals surface area contributed by atoms with E-state index in [1.165, 1.54) is 6.08 Å². The molecule has 0 unspecified atom stereocenters. The molecule has 0 aliphatic heterocycles. The molecule has 0 fully saturated rings. The zero-order valence-corrected chi connectivity index (χ0v) is 18.8. The molecule has 1 aromatic heterocycles. The fraction of sp³-hybridized carbons (Fsp3) is 0.130. The normalized spacial score (nSPS) is 11.1. The van der Waals surface area contributed by atoms with Crippen LogP contribution in [-0.2, 0) is 11.4 Å². The molecule has 0 saturated carbocycles. The van der Waals surface area contributed by atoms with Gasteiger partial charge in [0.1, 0.15) is 24.0 Å². The third-order valence-electron chi connectivity index (χ3n) is 4.46. The standard InChI is InChI=1S/C23H19BrClN3O2/c1-15-7-8-16(2)28(15)27-23(29)19(13-26)11-17-9-10-22(20(24)12-17)30-14-18-5-3-4-6-21(18)25/h3-12H,14H2,1-2H3,(H,27,29)/b19-11-. The van der Waals surface area contributed by atoms with Gasteiger partial charge in [0.15, 0.2) is 0 Å². The van der Waals surface area contributed by atoms with Crippen molar-refractivity contribution >= 4 is 39.5 Å². The number of ether oxygens (including phenoxy) is 1. The van der Waals surface area contributed by atoms with Crippen LogP contribution in [0.3, 0.4) is 0 Å². The average Bonchev–Trinajstić information content (AvgIpc) is 3.04. The van der Waals surface area contributed by atoms with Crippen LogP contribution in [0.2, 0.25) is 5.02 Å². The number of nitrogens with zero attached hydrogens (tertiary/aromatic N) is 2. The molecular weight excluding hydrogens is 466 g/mol. The van der Waals surface area contributed by atoms with E-state index in [4.69, 9.17) is 16.3 Å². The van der Waals surface area contributed by atoms with Gasteiger partial charge >= 0.3 is 0 Å². The van der Waals surface area contributed by atoms with Crippen molar-refractivity contribution in [3.63, 3.8) is 0 Å². The highest BCUT2D eigenvalue weighted by Gasteiger charge is 2.12. The smallest absolute Gasteiger partial charge is 0.280 e. The van der Waals surface area contributed by atoms with Crippen molar-refractivity contribution in [3.05, 3.63) is 92.2 Å². The van der Waals surface area contributed by atoms with Crippen molar-refractivity contribution in [2.75, 3.05) is 5.43 Å². The first kappa shape index (κ1) is 21.7. The number of aromatic nitrogens is 1. The summed E-state index contributed by atoms with van der Waals surface area (Å²) in [6.45, 7) is 4.08. The summed E-state index contributed by atoms with van der Waals surface area (Å²) in [5, 5.41) is 10.1. The average molecular weight is 485 g/mol. The Balaban J connectivity index is 1.74. The lowest BCUT2D eigenvalue weighted by Gasteiger charge is -2.11. The molecule has 1 heterocycles. The number of hydrogen-bond acceptors (Lipinski definition) is 3. The zero-order chi connectivity index (χ0) is 21.7. The first-order chi connectivity index (χ1) is 14.4. The molecule has 2 aromatic carbocycles. The number of carbonyl (C=O) groups excluding carboxylic acids is 1.